The van der Waals surface area contributed by atoms with E-state index >= 15 is 0 Å². The van der Waals surface area contributed by atoms with Gasteiger partial charge in [0, 0.05) is 31.9 Å². The summed E-state index contributed by atoms with van der Waals surface area (Å²) in [6.45, 7) is 1.48. The number of sulfonamides is 2. The molecule has 2 aromatic carbocycles. The summed E-state index contributed by atoms with van der Waals surface area (Å²) in [6.07, 6.45) is 3.64. The van der Waals surface area contributed by atoms with Crippen molar-refractivity contribution in [1.82, 2.24) is 8.61 Å². The van der Waals surface area contributed by atoms with Gasteiger partial charge in [-0.15, -0.1) is 0 Å². The van der Waals surface area contributed by atoms with Crippen LogP contribution in [0.1, 0.15) is 36.0 Å². The van der Waals surface area contributed by atoms with Gasteiger partial charge in [-0.2, -0.15) is 8.61 Å². The van der Waals surface area contributed by atoms with E-state index < -0.39 is 38.5 Å². The predicted octanol–water partition coefficient (Wildman–Crippen LogP) is 2.07. The number of morpholine rings is 1. The topological polar surface area (TPSA) is 139 Å². The maximum atomic E-state index is 12.9. The molecule has 2 saturated heterocycles. The number of esters is 1. The molecule has 206 valence electrons. The van der Waals surface area contributed by atoms with Crippen LogP contribution >= 0.6 is 0 Å². The van der Waals surface area contributed by atoms with Crippen LogP contribution in [0.5, 0.6) is 0 Å². The minimum atomic E-state index is -3.73. The normalized spacial score (nSPS) is 17.9. The van der Waals surface area contributed by atoms with Gasteiger partial charge in [0.1, 0.15) is 0 Å². The van der Waals surface area contributed by atoms with Crippen LogP contribution < -0.4 is 5.32 Å². The van der Waals surface area contributed by atoms with Crippen molar-refractivity contribution in [2.24, 2.45) is 0 Å². The van der Waals surface area contributed by atoms with Crippen LogP contribution in [0.3, 0.4) is 0 Å². The van der Waals surface area contributed by atoms with Gasteiger partial charge >= 0.3 is 5.97 Å². The Morgan fingerprint density at radius 1 is 0.789 bits per heavy atom. The molecular weight excluding hydrogens is 534 g/mol. The summed E-state index contributed by atoms with van der Waals surface area (Å²) in [5, 5.41) is 2.53. The van der Waals surface area contributed by atoms with E-state index in [0.29, 0.717) is 26.3 Å². The zero-order valence-corrected chi connectivity index (χ0v) is 22.5. The Kier molecular flexibility index (Phi) is 9.15. The summed E-state index contributed by atoms with van der Waals surface area (Å²) >= 11 is 0. The molecule has 2 fully saturated rings. The first kappa shape index (κ1) is 28.2. The number of nitrogens with zero attached hydrogens (tertiary/aromatic N) is 2. The van der Waals surface area contributed by atoms with Crippen molar-refractivity contribution in [3.05, 3.63) is 54.1 Å². The van der Waals surface area contributed by atoms with Gasteiger partial charge in [0.05, 0.1) is 28.6 Å². The second kappa shape index (κ2) is 12.3. The number of benzene rings is 2. The van der Waals surface area contributed by atoms with E-state index in [9.17, 15) is 26.4 Å². The molecule has 0 aliphatic carbocycles. The molecule has 2 heterocycles. The average Bonchev–Trinajstić information content (AvgIpc) is 3.23. The van der Waals surface area contributed by atoms with Crippen molar-refractivity contribution in [1.29, 1.82) is 0 Å². The van der Waals surface area contributed by atoms with Gasteiger partial charge < -0.3 is 14.8 Å². The number of hydrogen-bond acceptors (Lipinski definition) is 8. The van der Waals surface area contributed by atoms with E-state index in [1.807, 2.05) is 0 Å². The van der Waals surface area contributed by atoms with Gasteiger partial charge in [-0.1, -0.05) is 18.9 Å². The Hall–Kier alpha value is -2.84. The lowest BCUT2D eigenvalue weighted by Gasteiger charge is -2.26. The minimum Gasteiger partial charge on any atom is -0.452 e. The van der Waals surface area contributed by atoms with Crippen LogP contribution in [0.25, 0.3) is 0 Å². The van der Waals surface area contributed by atoms with Gasteiger partial charge in [0.15, 0.2) is 6.61 Å². The number of rotatable bonds is 8. The molecule has 11 nitrogen and oxygen atoms in total. The van der Waals surface area contributed by atoms with Crippen LogP contribution in [0.2, 0.25) is 0 Å². The SMILES string of the molecule is O=C(COC(=O)c1ccc(S(=O)(=O)N2CCCCCC2)cc1)Nc1cccc(S(=O)(=O)N2CCOCC2)c1. The van der Waals surface area contributed by atoms with Crippen LogP contribution in [-0.2, 0) is 34.3 Å². The summed E-state index contributed by atoms with van der Waals surface area (Å²) in [6, 6.07) is 11.2. The third-order valence-electron chi connectivity index (χ3n) is 6.35. The lowest BCUT2D eigenvalue weighted by molar-refractivity contribution is -0.119. The number of nitrogens with one attached hydrogen (secondary N) is 1. The second-order valence-corrected chi connectivity index (χ2v) is 12.9. The van der Waals surface area contributed by atoms with Crippen molar-refractivity contribution in [3.63, 3.8) is 0 Å². The Labute approximate surface area is 222 Å². The predicted molar refractivity (Wildman–Crippen MR) is 139 cm³/mol. The summed E-state index contributed by atoms with van der Waals surface area (Å²) in [5.41, 5.74) is 0.342. The molecule has 13 heteroatoms. The number of carbonyl (C=O) groups excluding carboxylic acids is 2. The summed E-state index contributed by atoms with van der Waals surface area (Å²) in [7, 11) is -7.38. The average molecular weight is 566 g/mol. The fraction of sp³-hybridized carbons (Fsp3) is 0.440. The second-order valence-electron chi connectivity index (χ2n) is 9.01. The first-order valence-corrected chi connectivity index (χ1v) is 15.3. The number of hydrogen-bond donors (Lipinski definition) is 1. The van der Waals surface area contributed by atoms with Crippen molar-refractivity contribution in [3.8, 4) is 0 Å². The molecule has 0 bridgehead atoms. The Bertz CT molecular complexity index is 1350. The first-order chi connectivity index (χ1) is 18.2. The van der Waals surface area contributed by atoms with Gasteiger partial charge in [-0.3, -0.25) is 4.79 Å². The van der Waals surface area contributed by atoms with Crippen molar-refractivity contribution in [2.45, 2.75) is 35.5 Å². The number of amides is 1. The standard InChI is InChI=1S/C25H31N3O8S2/c29-24(26-21-6-5-7-23(18-21)38(33,34)28-14-16-35-17-15-28)19-36-25(30)20-8-10-22(11-9-20)37(31,32)27-12-3-1-2-4-13-27/h5-11,18H,1-4,12-17,19H2,(H,26,29). The van der Waals surface area contributed by atoms with Crippen LogP contribution in [0.4, 0.5) is 5.69 Å². The highest BCUT2D eigenvalue weighted by Crippen LogP contribution is 2.22. The highest BCUT2D eigenvalue weighted by molar-refractivity contribution is 7.89. The molecule has 38 heavy (non-hydrogen) atoms. The van der Waals surface area contributed by atoms with E-state index in [2.05, 4.69) is 5.32 Å². The smallest absolute Gasteiger partial charge is 0.338 e. The van der Waals surface area contributed by atoms with Crippen LogP contribution in [-0.4, -0.2) is 83.3 Å². The fourth-order valence-electron chi connectivity index (χ4n) is 4.28. The van der Waals surface area contributed by atoms with E-state index in [4.69, 9.17) is 9.47 Å². The van der Waals surface area contributed by atoms with Crippen molar-refractivity contribution < 1.29 is 35.9 Å². The minimum absolute atomic E-state index is 0.0319. The molecule has 0 aromatic heterocycles. The molecule has 1 N–H and O–H groups in total. The van der Waals surface area contributed by atoms with Crippen molar-refractivity contribution >= 4 is 37.6 Å². The molecule has 1 amide bonds. The van der Waals surface area contributed by atoms with E-state index in [1.165, 1.54) is 57.1 Å². The molecule has 4 rings (SSSR count). The zero-order valence-electron chi connectivity index (χ0n) is 20.9. The highest BCUT2D eigenvalue weighted by atomic mass is 32.2. The van der Waals surface area contributed by atoms with E-state index in [0.717, 1.165) is 25.7 Å². The largest absolute Gasteiger partial charge is 0.452 e. The molecule has 0 atom stereocenters. The molecule has 0 radical (unpaired) electrons. The number of ether oxygens (including phenoxy) is 2. The summed E-state index contributed by atoms with van der Waals surface area (Å²) in [4.78, 5) is 24.9. The Morgan fingerprint density at radius 3 is 2.05 bits per heavy atom. The van der Waals surface area contributed by atoms with Gasteiger partial charge in [0.2, 0.25) is 20.0 Å². The maximum absolute atomic E-state index is 12.9. The monoisotopic (exact) mass is 565 g/mol. The molecule has 2 aromatic rings. The lowest BCUT2D eigenvalue weighted by atomic mass is 10.2. The summed E-state index contributed by atoms with van der Waals surface area (Å²) < 4.78 is 64.5. The summed E-state index contributed by atoms with van der Waals surface area (Å²) in [5.74, 6) is -1.44. The van der Waals surface area contributed by atoms with Crippen molar-refractivity contribution in [2.75, 3.05) is 51.3 Å². The lowest BCUT2D eigenvalue weighted by Crippen LogP contribution is -2.40. The quantitative estimate of drug-likeness (QED) is 0.480. The van der Waals surface area contributed by atoms with Gasteiger partial charge in [-0.05, 0) is 55.3 Å². The number of anilines is 1. The van der Waals surface area contributed by atoms with E-state index in [-0.39, 0.29) is 34.1 Å². The van der Waals surface area contributed by atoms with E-state index in [1.54, 1.807) is 0 Å². The zero-order chi connectivity index (χ0) is 27.2. The Balaban J connectivity index is 1.32. The first-order valence-electron chi connectivity index (χ1n) is 12.4. The molecule has 2 aliphatic rings. The molecule has 0 unspecified atom stereocenters. The molecule has 0 saturated carbocycles. The van der Waals surface area contributed by atoms with Gasteiger partial charge in [-0.25, -0.2) is 21.6 Å². The molecule has 0 spiro atoms. The van der Waals surface area contributed by atoms with Crippen LogP contribution in [0, 0.1) is 0 Å². The van der Waals surface area contributed by atoms with Gasteiger partial charge in [0.25, 0.3) is 5.91 Å². The molecular formula is C25H31N3O8S2. The third-order valence-corrected chi connectivity index (χ3v) is 10.2. The fourth-order valence-corrected chi connectivity index (χ4v) is 7.25. The Morgan fingerprint density at radius 2 is 1.39 bits per heavy atom. The highest BCUT2D eigenvalue weighted by Gasteiger charge is 2.27. The third kappa shape index (κ3) is 6.77. The molecule has 2 aliphatic heterocycles. The maximum Gasteiger partial charge on any atom is 0.338 e. The number of carbonyl (C=O) groups is 2. The van der Waals surface area contributed by atoms with Crippen LogP contribution in [0.15, 0.2) is 58.3 Å².